The Morgan fingerprint density at radius 3 is 2.50 bits per heavy atom. The molecular formula is C16H22N2O2. The van der Waals surface area contributed by atoms with Gasteiger partial charge in [0.25, 0.3) is 0 Å². The number of rotatable bonds is 6. The molecule has 20 heavy (non-hydrogen) atoms. The van der Waals surface area contributed by atoms with Crippen LogP contribution in [0.25, 0.3) is 5.69 Å². The molecule has 0 saturated carbocycles. The van der Waals surface area contributed by atoms with E-state index in [9.17, 15) is 0 Å². The first-order valence-corrected chi connectivity index (χ1v) is 6.87. The standard InChI is InChI=1S/C16H22N2O2/c1-12(10-19-4)11-20-16-13(2)14(3)18(17-16)15-8-6-5-7-9-15/h5-9,12H,10-11H2,1-4H3/t12-/m1/s1. The fraction of sp³-hybridized carbons (Fsp3) is 0.438. The predicted molar refractivity (Wildman–Crippen MR) is 79.6 cm³/mol. The van der Waals surface area contributed by atoms with E-state index in [2.05, 4.69) is 18.9 Å². The van der Waals surface area contributed by atoms with Crippen LogP contribution >= 0.6 is 0 Å². The number of hydrogen-bond acceptors (Lipinski definition) is 3. The van der Waals surface area contributed by atoms with Crippen molar-refractivity contribution in [3.8, 4) is 11.6 Å². The molecule has 0 fully saturated rings. The summed E-state index contributed by atoms with van der Waals surface area (Å²) in [5.74, 6) is 1.05. The fourth-order valence-corrected chi connectivity index (χ4v) is 2.07. The lowest BCUT2D eigenvalue weighted by Gasteiger charge is -2.10. The lowest BCUT2D eigenvalue weighted by atomic mass is 10.2. The minimum atomic E-state index is 0.349. The average Bonchev–Trinajstić information content (AvgIpc) is 2.74. The third-order valence-electron chi connectivity index (χ3n) is 3.33. The first-order chi connectivity index (χ1) is 9.63. The average molecular weight is 274 g/mol. The number of aromatic nitrogens is 2. The van der Waals surface area contributed by atoms with Crippen LogP contribution in [0.1, 0.15) is 18.2 Å². The second-order valence-electron chi connectivity index (χ2n) is 5.13. The topological polar surface area (TPSA) is 36.3 Å². The molecule has 2 rings (SSSR count). The third kappa shape index (κ3) is 3.20. The molecule has 2 aromatic rings. The molecule has 0 N–H and O–H groups in total. The molecular weight excluding hydrogens is 252 g/mol. The van der Waals surface area contributed by atoms with Crippen LogP contribution in [0, 0.1) is 19.8 Å². The molecule has 0 aliphatic heterocycles. The summed E-state index contributed by atoms with van der Waals surface area (Å²) in [6.45, 7) is 7.50. The van der Waals surface area contributed by atoms with Gasteiger partial charge in [0.1, 0.15) is 0 Å². The maximum absolute atomic E-state index is 5.82. The monoisotopic (exact) mass is 274 g/mol. The summed E-state index contributed by atoms with van der Waals surface area (Å²) in [4.78, 5) is 0. The van der Waals surface area contributed by atoms with Gasteiger partial charge in [-0.2, -0.15) is 0 Å². The van der Waals surface area contributed by atoms with Gasteiger partial charge in [-0.1, -0.05) is 25.1 Å². The van der Waals surface area contributed by atoms with Crippen molar-refractivity contribution in [1.82, 2.24) is 9.78 Å². The smallest absolute Gasteiger partial charge is 0.236 e. The third-order valence-corrected chi connectivity index (χ3v) is 3.33. The zero-order valence-electron chi connectivity index (χ0n) is 12.6. The first kappa shape index (κ1) is 14.6. The van der Waals surface area contributed by atoms with Crippen LogP contribution in [0.4, 0.5) is 0 Å². The van der Waals surface area contributed by atoms with Gasteiger partial charge in [-0.3, -0.25) is 0 Å². The molecule has 0 aliphatic carbocycles. The van der Waals surface area contributed by atoms with Crippen LogP contribution in [0.2, 0.25) is 0 Å². The van der Waals surface area contributed by atoms with Crippen LogP contribution in [0.3, 0.4) is 0 Å². The van der Waals surface area contributed by atoms with Gasteiger partial charge >= 0.3 is 0 Å². The van der Waals surface area contributed by atoms with Gasteiger partial charge in [0.2, 0.25) is 5.88 Å². The number of methoxy groups -OCH3 is 1. The molecule has 1 aromatic carbocycles. The minimum Gasteiger partial charge on any atom is -0.476 e. The molecule has 1 atom stereocenters. The van der Waals surface area contributed by atoms with Gasteiger partial charge < -0.3 is 9.47 Å². The highest BCUT2D eigenvalue weighted by atomic mass is 16.5. The molecule has 0 bridgehead atoms. The van der Waals surface area contributed by atoms with Crippen LogP contribution in [-0.2, 0) is 4.74 Å². The lowest BCUT2D eigenvalue weighted by molar-refractivity contribution is 0.125. The van der Waals surface area contributed by atoms with Crippen molar-refractivity contribution in [2.45, 2.75) is 20.8 Å². The molecule has 0 aliphatic rings. The summed E-state index contributed by atoms with van der Waals surface area (Å²) in [6.07, 6.45) is 0. The van der Waals surface area contributed by atoms with Crippen molar-refractivity contribution >= 4 is 0 Å². The Labute approximate surface area is 120 Å². The second kappa shape index (κ2) is 6.57. The van der Waals surface area contributed by atoms with Gasteiger partial charge in [-0.15, -0.1) is 5.10 Å². The van der Waals surface area contributed by atoms with E-state index in [1.54, 1.807) is 7.11 Å². The molecule has 4 nitrogen and oxygen atoms in total. The van der Waals surface area contributed by atoms with Crippen molar-refractivity contribution in [3.05, 3.63) is 41.6 Å². The van der Waals surface area contributed by atoms with E-state index in [4.69, 9.17) is 9.47 Å². The minimum absolute atomic E-state index is 0.349. The molecule has 0 radical (unpaired) electrons. The number of para-hydroxylation sites is 1. The maximum atomic E-state index is 5.82. The van der Waals surface area contributed by atoms with Crippen molar-refractivity contribution in [2.24, 2.45) is 5.92 Å². The van der Waals surface area contributed by atoms with Crippen LogP contribution < -0.4 is 4.74 Å². The van der Waals surface area contributed by atoms with E-state index in [0.29, 0.717) is 25.0 Å². The summed E-state index contributed by atoms with van der Waals surface area (Å²) < 4.78 is 12.9. The number of benzene rings is 1. The molecule has 1 heterocycles. The second-order valence-corrected chi connectivity index (χ2v) is 5.13. The van der Waals surface area contributed by atoms with E-state index >= 15 is 0 Å². The summed E-state index contributed by atoms with van der Waals surface area (Å²) in [5.41, 5.74) is 3.23. The van der Waals surface area contributed by atoms with Crippen molar-refractivity contribution < 1.29 is 9.47 Å². The zero-order chi connectivity index (χ0) is 14.5. The Morgan fingerprint density at radius 1 is 1.15 bits per heavy atom. The highest BCUT2D eigenvalue weighted by Crippen LogP contribution is 2.23. The normalized spacial score (nSPS) is 12.4. The van der Waals surface area contributed by atoms with E-state index in [0.717, 1.165) is 16.9 Å². The molecule has 4 heteroatoms. The number of nitrogens with zero attached hydrogens (tertiary/aromatic N) is 2. The van der Waals surface area contributed by atoms with Gasteiger partial charge in [0.05, 0.1) is 18.9 Å². The highest BCUT2D eigenvalue weighted by molar-refractivity contribution is 5.38. The quantitative estimate of drug-likeness (QED) is 0.812. The lowest BCUT2D eigenvalue weighted by Crippen LogP contribution is -2.14. The first-order valence-electron chi connectivity index (χ1n) is 6.87. The van der Waals surface area contributed by atoms with Crippen LogP contribution in [0.15, 0.2) is 30.3 Å². The van der Waals surface area contributed by atoms with Crippen molar-refractivity contribution in [2.75, 3.05) is 20.3 Å². The van der Waals surface area contributed by atoms with Gasteiger partial charge in [0.15, 0.2) is 0 Å². The summed E-state index contributed by atoms with van der Waals surface area (Å²) in [5, 5.41) is 4.57. The van der Waals surface area contributed by atoms with E-state index in [1.807, 2.05) is 41.9 Å². The van der Waals surface area contributed by atoms with Crippen molar-refractivity contribution in [3.63, 3.8) is 0 Å². The Morgan fingerprint density at radius 2 is 1.85 bits per heavy atom. The molecule has 0 unspecified atom stereocenters. The van der Waals surface area contributed by atoms with E-state index < -0.39 is 0 Å². The van der Waals surface area contributed by atoms with E-state index in [1.165, 1.54) is 0 Å². The Balaban J connectivity index is 2.16. The predicted octanol–water partition coefficient (Wildman–Crippen LogP) is 3.15. The maximum Gasteiger partial charge on any atom is 0.236 e. The Bertz CT molecular complexity index is 549. The number of hydrogen-bond donors (Lipinski definition) is 0. The van der Waals surface area contributed by atoms with Crippen LogP contribution in [-0.4, -0.2) is 30.1 Å². The molecule has 0 spiro atoms. The summed E-state index contributed by atoms with van der Waals surface area (Å²) in [7, 11) is 1.70. The zero-order valence-corrected chi connectivity index (χ0v) is 12.6. The summed E-state index contributed by atoms with van der Waals surface area (Å²) in [6, 6.07) is 10.1. The molecule has 1 aromatic heterocycles. The molecule has 0 amide bonds. The SMILES string of the molecule is COC[C@@H](C)COc1nn(-c2ccccc2)c(C)c1C. The van der Waals surface area contributed by atoms with E-state index in [-0.39, 0.29) is 0 Å². The van der Waals surface area contributed by atoms with Gasteiger partial charge in [-0.25, -0.2) is 4.68 Å². The molecule has 108 valence electrons. The fourth-order valence-electron chi connectivity index (χ4n) is 2.07. The highest BCUT2D eigenvalue weighted by Gasteiger charge is 2.14. The van der Waals surface area contributed by atoms with Gasteiger partial charge in [-0.05, 0) is 26.0 Å². The Kier molecular flexibility index (Phi) is 4.79. The van der Waals surface area contributed by atoms with Crippen LogP contribution in [0.5, 0.6) is 5.88 Å². The number of ether oxygens (including phenoxy) is 2. The molecule has 0 saturated heterocycles. The van der Waals surface area contributed by atoms with Crippen molar-refractivity contribution in [1.29, 1.82) is 0 Å². The van der Waals surface area contributed by atoms with Gasteiger partial charge in [0, 0.05) is 24.3 Å². The summed E-state index contributed by atoms with van der Waals surface area (Å²) >= 11 is 0. The largest absolute Gasteiger partial charge is 0.476 e. The Hall–Kier alpha value is -1.81.